The number of fused-ring (bicyclic) bond motifs is 6. The van der Waals surface area contributed by atoms with Crippen molar-refractivity contribution in [3.05, 3.63) is 96.1 Å². The van der Waals surface area contributed by atoms with Gasteiger partial charge in [-0.1, -0.05) is 99.2 Å². The molecular formula is C37H38N2O3. The van der Waals surface area contributed by atoms with Crippen molar-refractivity contribution < 1.29 is 15.0 Å². The number of anilines is 1. The minimum Gasteiger partial charge on any atom is -0.506 e. The van der Waals surface area contributed by atoms with Crippen LogP contribution in [0.15, 0.2) is 84.9 Å². The summed E-state index contributed by atoms with van der Waals surface area (Å²) >= 11 is 0. The van der Waals surface area contributed by atoms with E-state index in [9.17, 15) is 15.0 Å². The van der Waals surface area contributed by atoms with Crippen LogP contribution in [-0.2, 0) is 6.42 Å². The highest BCUT2D eigenvalue weighted by molar-refractivity contribution is 6.20. The summed E-state index contributed by atoms with van der Waals surface area (Å²) in [6, 6.07) is 28.1. The highest BCUT2D eigenvalue weighted by Gasteiger charge is 2.14. The van der Waals surface area contributed by atoms with Crippen LogP contribution >= 0.6 is 0 Å². The largest absolute Gasteiger partial charge is 0.506 e. The van der Waals surface area contributed by atoms with E-state index < -0.39 is 5.97 Å². The Morgan fingerprint density at radius 2 is 1.38 bits per heavy atom. The number of unbranched alkanes of at least 4 members (excludes halogenated alkanes) is 7. The SMILES string of the molecule is O=C(O)c1cc(CCCCCCCCCCNc2c(O)ccc3ccc4c5ccccc5[nH]c4c23)c2ccccc2c1. The maximum Gasteiger partial charge on any atom is 0.335 e. The summed E-state index contributed by atoms with van der Waals surface area (Å²) < 4.78 is 0. The molecule has 5 nitrogen and oxygen atoms in total. The average molecular weight is 559 g/mol. The number of carboxylic acid groups (broad SMARTS) is 1. The Kier molecular flexibility index (Phi) is 8.27. The van der Waals surface area contributed by atoms with Crippen molar-refractivity contribution in [3.63, 3.8) is 0 Å². The van der Waals surface area contributed by atoms with E-state index in [-0.39, 0.29) is 5.75 Å². The summed E-state index contributed by atoms with van der Waals surface area (Å²) in [5.41, 5.74) is 4.50. The van der Waals surface area contributed by atoms with Crippen LogP contribution in [0, 0.1) is 0 Å². The number of benzene rings is 5. The first-order chi connectivity index (χ1) is 20.6. The molecule has 1 aromatic heterocycles. The standard InChI is InChI=1S/C37H38N2O3/c40-33-21-19-25-18-20-31-30-16-10-11-17-32(30)39-35(31)34(25)36(33)38-22-12-6-4-2-1-3-5-7-13-26-23-28(37(41)42)24-27-14-8-9-15-29(26)27/h8-11,14-21,23-24,38-40H,1-7,12-13,22H2,(H,41,42). The molecule has 0 aliphatic heterocycles. The molecular weight excluding hydrogens is 520 g/mol. The number of phenols is 1. The molecule has 0 bridgehead atoms. The van der Waals surface area contributed by atoms with E-state index in [1.807, 2.05) is 36.4 Å². The Morgan fingerprint density at radius 3 is 2.19 bits per heavy atom. The second kappa shape index (κ2) is 12.6. The first-order valence-corrected chi connectivity index (χ1v) is 15.2. The predicted molar refractivity (Wildman–Crippen MR) is 175 cm³/mol. The number of carboxylic acids is 1. The van der Waals surface area contributed by atoms with Gasteiger partial charge in [-0.25, -0.2) is 4.79 Å². The highest BCUT2D eigenvalue weighted by atomic mass is 16.4. The van der Waals surface area contributed by atoms with Crippen molar-refractivity contribution in [1.29, 1.82) is 0 Å². The van der Waals surface area contributed by atoms with Crippen LogP contribution in [0.25, 0.3) is 43.4 Å². The van der Waals surface area contributed by atoms with E-state index in [1.54, 1.807) is 12.1 Å². The summed E-state index contributed by atoms with van der Waals surface area (Å²) in [6.45, 7) is 0.826. The summed E-state index contributed by atoms with van der Waals surface area (Å²) in [6.07, 6.45) is 10.3. The van der Waals surface area contributed by atoms with Crippen LogP contribution < -0.4 is 5.32 Å². The van der Waals surface area contributed by atoms with Crippen LogP contribution in [0.3, 0.4) is 0 Å². The van der Waals surface area contributed by atoms with Crippen LogP contribution in [0.5, 0.6) is 5.75 Å². The van der Waals surface area contributed by atoms with Gasteiger partial charge < -0.3 is 20.5 Å². The fourth-order valence-corrected chi connectivity index (χ4v) is 6.34. The lowest BCUT2D eigenvalue weighted by Crippen LogP contribution is -2.02. The monoisotopic (exact) mass is 558 g/mol. The molecule has 5 heteroatoms. The highest BCUT2D eigenvalue weighted by Crippen LogP contribution is 2.39. The molecule has 0 radical (unpaired) electrons. The van der Waals surface area contributed by atoms with E-state index >= 15 is 0 Å². The molecule has 214 valence electrons. The number of aromatic carboxylic acids is 1. The molecule has 0 fully saturated rings. The maximum absolute atomic E-state index is 11.5. The van der Waals surface area contributed by atoms with Crippen LogP contribution in [0.1, 0.15) is 67.3 Å². The first kappa shape index (κ1) is 27.6. The third-order valence-corrected chi connectivity index (χ3v) is 8.51. The second-order valence-corrected chi connectivity index (χ2v) is 11.4. The van der Waals surface area contributed by atoms with Crippen molar-refractivity contribution in [1.82, 2.24) is 4.98 Å². The second-order valence-electron chi connectivity index (χ2n) is 11.4. The van der Waals surface area contributed by atoms with Crippen molar-refractivity contribution in [2.45, 2.75) is 57.8 Å². The first-order valence-electron chi connectivity index (χ1n) is 15.2. The number of aromatic hydroxyl groups is 1. The van der Waals surface area contributed by atoms with Gasteiger partial charge in [-0.05, 0) is 65.3 Å². The number of hydrogen-bond acceptors (Lipinski definition) is 3. The van der Waals surface area contributed by atoms with Gasteiger partial charge in [-0.3, -0.25) is 0 Å². The molecule has 6 rings (SSSR count). The number of carbonyl (C=O) groups is 1. The third kappa shape index (κ3) is 5.78. The molecule has 6 aromatic rings. The van der Waals surface area contributed by atoms with Crippen molar-refractivity contribution in [3.8, 4) is 5.75 Å². The zero-order chi connectivity index (χ0) is 28.9. The van der Waals surface area contributed by atoms with Crippen LogP contribution in [0.4, 0.5) is 5.69 Å². The van der Waals surface area contributed by atoms with E-state index in [4.69, 9.17) is 0 Å². The smallest absolute Gasteiger partial charge is 0.335 e. The molecule has 1 heterocycles. The van der Waals surface area contributed by atoms with Crippen molar-refractivity contribution in [2.75, 3.05) is 11.9 Å². The number of aromatic nitrogens is 1. The van der Waals surface area contributed by atoms with E-state index in [0.717, 1.165) is 77.1 Å². The normalized spacial score (nSPS) is 11.6. The molecule has 0 amide bonds. The Hall–Kier alpha value is -4.51. The average Bonchev–Trinajstić information content (AvgIpc) is 3.39. The lowest BCUT2D eigenvalue weighted by molar-refractivity contribution is 0.0697. The van der Waals surface area contributed by atoms with E-state index in [1.165, 1.54) is 41.8 Å². The number of rotatable bonds is 13. The molecule has 0 aliphatic rings. The number of aryl methyl sites for hydroxylation is 1. The summed E-state index contributed by atoms with van der Waals surface area (Å²) in [5.74, 6) is -0.575. The predicted octanol–water partition coefficient (Wildman–Crippen LogP) is 9.81. The minimum absolute atomic E-state index is 0.288. The topological polar surface area (TPSA) is 85.3 Å². The van der Waals surface area contributed by atoms with E-state index in [2.05, 4.69) is 46.7 Å². The third-order valence-electron chi connectivity index (χ3n) is 8.51. The fourth-order valence-electron chi connectivity index (χ4n) is 6.34. The maximum atomic E-state index is 11.5. The van der Waals surface area contributed by atoms with E-state index in [0.29, 0.717) is 5.56 Å². The number of hydrogen-bond donors (Lipinski definition) is 4. The number of H-pyrrole nitrogens is 1. The van der Waals surface area contributed by atoms with Gasteiger partial charge in [-0.2, -0.15) is 0 Å². The number of para-hydroxylation sites is 1. The van der Waals surface area contributed by atoms with Gasteiger partial charge in [0.15, 0.2) is 0 Å². The molecule has 42 heavy (non-hydrogen) atoms. The van der Waals surface area contributed by atoms with Gasteiger partial charge >= 0.3 is 5.97 Å². The van der Waals surface area contributed by atoms with Crippen molar-refractivity contribution >= 4 is 55.0 Å². The minimum atomic E-state index is -0.863. The van der Waals surface area contributed by atoms with Gasteiger partial charge in [0.1, 0.15) is 5.75 Å². The summed E-state index contributed by atoms with van der Waals surface area (Å²) in [4.78, 5) is 15.1. The van der Waals surface area contributed by atoms with Gasteiger partial charge in [0.25, 0.3) is 0 Å². The van der Waals surface area contributed by atoms with Gasteiger partial charge in [0.2, 0.25) is 0 Å². The Balaban J connectivity index is 0.950. The van der Waals surface area contributed by atoms with Gasteiger partial charge in [0, 0.05) is 28.2 Å². The lowest BCUT2D eigenvalue weighted by Gasteiger charge is -2.13. The zero-order valence-electron chi connectivity index (χ0n) is 24.0. The lowest BCUT2D eigenvalue weighted by atomic mass is 9.96. The number of phenolic OH excluding ortho intramolecular Hbond substituents is 1. The van der Waals surface area contributed by atoms with Crippen LogP contribution in [0.2, 0.25) is 0 Å². The number of nitrogens with one attached hydrogen (secondary N) is 2. The fraction of sp³-hybridized carbons (Fsp3) is 0.270. The Bertz CT molecular complexity index is 1870. The quantitative estimate of drug-likeness (QED) is 0.0839. The Morgan fingerprint density at radius 1 is 0.690 bits per heavy atom. The molecule has 5 aromatic carbocycles. The molecule has 0 atom stereocenters. The van der Waals surface area contributed by atoms with Gasteiger partial charge in [-0.15, -0.1) is 0 Å². The molecule has 0 saturated heterocycles. The van der Waals surface area contributed by atoms with Crippen molar-refractivity contribution in [2.24, 2.45) is 0 Å². The summed E-state index contributed by atoms with van der Waals surface area (Å²) in [5, 5.41) is 30.5. The van der Waals surface area contributed by atoms with Crippen LogP contribution in [-0.4, -0.2) is 27.7 Å². The summed E-state index contributed by atoms with van der Waals surface area (Å²) in [7, 11) is 0. The van der Waals surface area contributed by atoms with Gasteiger partial charge in [0.05, 0.1) is 16.8 Å². The Labute approximate surface area is 246 Å². The zero-order valence-corrected chi connectivity index (χ0v) is 24.0. The number of aromatic amines is 1. The molecule has 0 aliphatic carbocycles. The molecule has 0 spiro atoms. The molecule has 0 saturated carbocycles. The molecule has 0 unspecified atom stereocenters. The molecule has 4 N–H and O–H groups in total.